The summed E-state index contributed by atoms with van der Waals surface area (Å²) in [4.78, 5) is 25.8. The molecule has 2 heterocycles. The highest BCUT2D eigenvalue weighted by Gasteiger charge is 2.80. The maximum absolute atomic E-state index is 13.3. The van der Waals surface area contributed by atoms with Crippen molar-refractivity contribution in [2.24, 2.45) is 46.3 Å². The van der Waals surface area contributed by atoms with Gasteiger partial charge >= 0.3 is 5.97 Å². The third kappa shape index (κ3) is 2.76. The quantitative estimate of drug-likeness (QED) is 0.404. The summed E-state index contributed by atoms with van der Waals surface area (Å²) >= 11 is 0. The van der Waals surface area contributed by atoms with E-state index in [1.807, 2.05) is 20.8 Å². The molecule has 6 rings (SSSR count). The second kappa shape index (κ2) is 7.18. The number of cyclic esters (lactones) is 1. The molecule has 4 aliphatic carbocycles. The van der Waals surface area contributed by atoms with E-state index in [1.165, 1.54) is 6.08 Å². The van der Waals surface area contributed by atoms with Crippen molar-refractivity contribution in [3.8, 4) is 0 Å². The first kappa shape index (κ1) is 24.1. The summed E-state index contributed by atoms with van der Waals surface area (Å²) in [6.45, 7) is 9.77. The van der Waals surface area contributed by atoms with Crippen LogP contribution in [0.15, 0.2) is 12.2 Å². The molecule has 14 atom stereocenters. The number of hydrogen-bond acceptors (Lipinski definition) is 7. The topological polar surface area (TPSA) is 117 Å². The summed E-state index contributed by atoms with van der Waals surface area (Å²) in [5.41, 5.74) is -3.33. The zero-order chi connectivity index (χ0) is 25.3. The lowest BCUT2D eigenvalue weighted by Crippen LogP contribution is -2.64. The molecular weight excluding hydrogens is 448 g/mol. The highest BCUT2D eigenvalue weighted by molar-refractivity contribution is 5.98. The van der Waals surface area contributed by atoms with Crippen molar-refractivity contribution in [3.63, 3.8) is 0 Å². The van der Waals surface area contributed by atoms with Gasteiger partial charge in [0.05, 0.1) is 23.5 Å². The Hall–Kier alpha value is -1.28. The van der Waals surface area contributed by atoms with E-state index < -0.39 is 40.8 Å². The molecule has 2 aliphatic heterocycles. The molecular formula is C28H40O7. The van der Waals surface area contributed by atoms with Crippen LogP contribution in [0.4, 0.5) is 0 Å². The van der Waals surface area contributed by atoms with Crippen LogP contribution in [0.25, 0.3) is 0 Å². The number of aliphatic hydroxyl groups excluding tert-OH is 2. The number of ketones is 1. The van der Waals surface area contributed by atoms with E-state index in [4.69, 9.17) is 9.47 Å². The van der Waals surface area contributed by atoms with Gasteiger partial charge in [0.15, 0.2) is 5.78 Å². The fourth-order valence-electron chi connectivity index (χ4n) is 9.89. The molecule has 7 heteroatoms. The molecule has 35 heavy (non-hydrogen) atoms. The Morgan fingerprint density at radius 1 is 1.09 bits per heavy atom. The van der Waals surface area contributed by atoms with Crippen molar-refractivity contribution in [2.75, 3.05) is 0 Å². The lowest BCUT2D eigenvalue weighted by Gasteiger charge is -2.59. The molecule has 0 aromatic carbocycles. The van der Waals surface area contributed by atoms with E-state index in [-0.39, 0.29) is 52.9 Å². The molecule has 1 unspecified atom stereocenters. The Morgan fingerprint density at radius 3 is 2.49 bits per heavy atom. The van der Waals surface area contributed by atoms with Gasteiger partial charge in [0.25, 0.3) is 0 Å². The molecule has 7 nitrogen and oxygen atoms in total. The van der Waals surface area contributed by atoms with Crippen LogP contribution < -0.4 is 0 Å². The largest absolute Gasteiger partial charge is 0.459 e. The Bertz CT molecular complexity index is 990. The molecule has 3 N–H and O–H groups in total. The first-order chi connectivity index (χ1) is 16.3. The molecule has 1 spiro atoms. The van der Waals surface area contributed by atoms with Gasteiger partial charge in [0.2, 0.25) is 0 Å². The number of hydrogen-bond donors (Lipinski definition) is 3. The number of ether oxygens (including phenoxy) is 2. The number of allylic oxidation sites excluding steroid dienone is 1. The number of aliphatic hydroxyl groups is 3. The van der Waals surface area contributed by atoms with Crippen LogP contribution in [0.2, 0.25) is 0 Å². The zero-order valence-corrected chi connectivity index (χ0v) is 21.4. The molecule has 2 saturated heterocycles. The van der Waals surface area contributed by atoms with Gasteiger partial charge in [-0.1, -0.05) is 20.8 Å². The second-order valence-electron chi connectivity index (χ2n) is 13.4. The van der Waals surface area contributed by atoms with Crippen LogP contribution in [-0.4, -0.2) is 62.7 Å². The van der Waals surface area contributed by atoms with Crippen LogP contribution in [0.5, 0.6) is 0 Å². The molecule has 0 aromatic rings. The number of carbonyl (C=O) groups is 2. The Balaban J connectivity index is 1.33. The van der Waals surface area contributed by atoms with Gasteiger partial charge in [-0.3, -0.25) is 9.59 Å². The summed E-state index contributed by atoms with van der Waals surface area (Å²) in [5, 5.41) is 34.2. The lowest BCUT2D eigenvalue weighted by atomic mass is 9.44. The Morgan fingerprint density at radius 2 is 1.80 bits per heavy atom. The molecule has 5 fully saturated rings. The molecule has 3 saturated carbocycles. The average molecular weight is 489 g/mol. The second-order valence-corrected chi connectivity index (χ2v) is 13.4. The maximum atomic E-state index is 13.3. The monoisotopic (exact) mass is 488 g/mol. The lowest BCUT2D eigenvalue weighted by molar-refractivity contribution is -0.209. The SMILES string of the molecule is CC1C(=O)O[C@@H]([C@](C)(O)[C@H]2[C@@H](O)C[C@H]3[C@@H]4C[C@H]5O[C@]56[C@@H](O)C=CC(=O)[C@]6(C)[C@H]4CC[C@]23C)C[C@@H]1C. The predicted molar refractivity (Wildman–Crippen MR) is 126 cm³/mol. The maximum Gasteiger partial charge on any atom is 0.309 e. The highest BCUT2D eigenvalue weighted by atomic mass is 16.6. The van der Waals surface area contributed by atoms with Crippen molar-refractivity contribution in [2.45, 2.75) is 102 Å². The van der Waals surface area contributed by atoms with Crippen molar-refractivity contribution < 1.29 is 34.4 Å². The Labute approximate surface area is 207 Å². The van der Waals surface area contributed by atoms with Crippen molar-refractivity contribution >= 4 is 11.8 Å². The summed E-state index contributed by atoms with van der Waals surface area (Å²) in [6, 6.07) is 0. The van der Waals surface area contributed by atoms with Crippen LogP contribution in [0.1, 0.15) is 66.7 Å². The molecule has 0 aromatic heterocycles. The minimum atomic E-state index is -1.36. The summed E-state index contributed by atoms with van der Waals surface area (Å²) in [5.74, 6) is -0.472. The van der Waals surface area contributed by atoms with Crippen LogP contribution in [-0.2, 0) is 19.1 Å². The number of fused-ring (bicyclic) bond motifs is 4. The van der Waals surface area contributed by atoms with Gasteiger partial charge in [-0.2, -0.15) is 0 Å². The summed E-state index contributed by atoms with van der Waals surface area (Å²) < 4.78 is 11.9. The number of rotatable bonds is 2. The smallest absolute Gasteiger partial charge is 0.309 e. The minimum absolute atomic E-state index is 0.0305. The third-order valence-corrected chi connectivity index (χ3v) is 12.0. The predicted octanol–water partition coefficient (Wildman–Crippen LogP) is 2.40. The van der Waals surface area contributed by atoms with E-state index in [1.54, 1.807) is 13.0 Å². The zero-order valence-electron chi connectivity index (χ0n) is 21.4. The molecule has 0 bridgehead atoms. The Kier molecular flexibility index (Phi) is 4.94. The summed E-state index contributed by atoms with van der Waals surface area (Å²) in [7, 11) is 0. The van der Waals surface area contributed by atoms with Crippen LogP contribution >= 0.6 is 0 Å². The fourth-order valence-corrected chi connectivity index (χ4v) is 9.89. The van der Waals surface area contributed by atoms with Gasteiger partial charge in [-0.25, -0.2) is 0 Å². The van der Waals surface area contributed by atoms with Gasteiger partial charge in [0, 0.05) is 5.92 Å². The van der Waals surface area contributed by atoms with Gasteiger partial charge in [-0.05, 0) is 87.2 Å². The number of esters is 1. The first-order valence-corrected chi connectivity index (χ1v) is 13.5. The minimum Gasteiger partial charge on any atom is -0.459 e. The van der Waals surface area contributed by atoms with Crippen LogP contribution in [0.3, 0.4) is 0 Å². The van der Waals surface area contributed by atoms with Crippen molar-refractivity contribution in [1.29, 1.82) is 0 Å². The molecule has 0 amide bonds. The van der Waals surface area contributed by atoms with Gasteiger partial charge in [0.1, 0.15) is 23.4 Å². The van der Waals surface area contributed by atoms with Gasteiger partial charge < -0.3 is 24.8 Å². The van der Waals surface area contributed by atoms with E-state index in [2.05, 4.69) is 6.92 Å². The van der Waals surface area contributed by atoms with Crippen molar-refractivity contribution in [3.05, 3.63) is 12.2 Å². The van der Waals surface area contributed by atoms with Gasteiger partial charge in [-0.15, -0.1) is 0 Å². The molecule has 6 aliphatic rings. The van der Waals surface area contributed by atoms with E-state index in [0.717, 1.165) is 19.3 Å². The highest BCUT2D eigenvalue weighted by Crippen LogP contribution is 2.73. The first-order valence-electron chi connectivity index (χ1n) is 13.5. The third-order valence-electron chi connectivity index (χ3n) is 12.0. The molecule has 0 radical (unpaired) electrons. The van der Waals surface area contributed by atoms with E-state index >= 15 is 0 Å². The number of carbonyl (C=O) groups excluding carboxylic acids is 2. The standard InChI is InChI=1S/C28H40O7/c1-13-10-21(34-24(32)14(13)2)27(5,33)23-18(29)12-17-15-11-22-28(35-22)20(31)7-6-19(30)26(28,4)16(15)8-9-25(17,23)3/h6-7,13-18,20-23,29,31,33H,8-12H2,1-5H3/t13-,14?,15+,16-,17-,18-,20-,21+,22+,23-,25-,26-,27-,28+/m0/s1. The number of epoxide rings is 1. The summed E-state index contributed by atoms with van der Waals surface area (Å²) in [6.07, 6.45) is 4.19. The van der Waals surface area contributed by atoms with Crippen LogP contribution in [0, 0.1) is 46.3 Å². The normalized spacial score (nSPS) is 58.4. The molecule has 194 valence electrons. The van der Waals surface area contributed by atoms with E-state index in [9.17, 15) is 24.9 Å². The van der Waals surface area contributed by atoms with E-state index in [0.29, 0.717) is 12.8 Å². The van der Waals surface area contributed by atoms with Crippen molar-refractivity contribution in [1.82, 2.24) is 0 Å². The fraction of sp³-hybridized carbons (Fsp3) is 0.857. The average Bonchev–Trinajstić information content (AvgIpc) is 3.45.